The van der Waals surface area contributed by atoms with Gasteiger partial charge in [-0.05, 0) is 39.4 Å². The van der Waals surface area contributed by atoms with Crippen molar-refractivity contribution in [2.45, 2.75) is 25.7 Å². The Morgan fingerprint density at radius 1 is 1.32 bits per heavy atom. The largest absolute Gasteiger partial charge is 0.385 e. The number of hydrogen-bond acceptors (Lipinski definition) is 4. The van der Waals surface area contributed by atoms with Gasteiger partial charge >= 0.3 is 0 Å². The first kappa shape index (κ1) is 16.4. The van der Waals surface area contributed by atoms with Gasteiger partial charge in [0, 0.05) is 33.4 Å². The fourth-order valence-electron chi connectivity index (χ4n) is 2.32. The van der Waals surface area contributed by atoms with Crippen LogP contribution in [0.5, 0.6) is 0 Å². The molecule has 0 unspecified atom stereocenters. The van der Waals surface area contributed by atoms with Crippen molar-refractivity contribution in [3.63, 3.8) is 0 Å². The smallest absolute Gasteiger partial charge is 0.234 e. The summed E-state index contributed by atoms with van der Waals surface area (Å²) in [5.41, 5.74) is 0. The minimum Gasteiger partial charge on any atom is -0.385 e. The van der Waals surface area contributed by atoms with Gasteiger partial charge in [-0.1, -0.05) is 6.42 Å². The summed E-state index contributed by atoms with van der Waals surface area (Å²) in [6.07, 6.45) is 4.89. The van der Waals surface area contributed by atoms with Gasteiger partial charge in [0.2, 0.25) is 5.91 Å². The number of nitrogens with zero attached hydrogens (tertiary/aromatic N) is 2. The van der Waals surface area contributed by atoms with Gasteiger partial charge < -0.3 is 15.0 Å². The Balaban J connectivity index is 2.02. The quantitative estimate of drug-likeness (QED) is 0.622. The van der Waals surface area contributed by atoms with E-state index in [1.54, 1.807) is 7.11 Å². The molecule has 0 bridgehead atoms. The Kier molecular flexibility index (Phi) is 8.79. The number of hydrogen-bond donors (Lipinski definition) is 1. The molecule has 1 aliphatic rings. The van der Waals surface area contributed by atoms with Gasteiger partial charge in [-0.25, -0.2) is 0 Å². The molecule has 19 heavy (non-hydrogen) atoms. The van der Waals surface area contributed by atoms with Gasteiger partial charge in [0.15, 0.2) is 0 Å². The van der Waals surface area contributed by atoms with Crippen molar-refractivity contribution in [1.29, 1.82) is 0 Å². The predicted molar refractivity (Wildman–Crippen MR) is 77.3 cm³/mol. The summed E-state index contributed by atoms with van der Waals surface area (Å²) in [7, 11) is 3.69. The maximum absolute atomic E-state index is 11.7. The minimum atomic E-state index is 0.109. The lowest BCUT2D eigenvalue weighted by Gasteiger charge is -2.28. The van der Waals surface area contributed by atoms with Crippen LogP contribution in [0, 0.1) is 0 Å². The van der Waals surface area contributed by atoms with Gasteiger partial charge in [-0.3, -0.25) is 9.69 Å². The Hall–Kier alpha value is -0.650. The number of nitrogens with one attached hydrogen (secondary N) is 1. The Labute approximate surface area is 117 Å². The van der Waals surface area contributed by atoms with Crippen molar-refractivity contribution in [2.75, 3.05) is 60.0 Å². The second-order valence-corrected chi connectivity index (χ2v) is 5.34. The molecule has 0 aromatic rings. The molecule has 5 heteroatoms. The molecule has 1 N–H and O–H groups in total. The van der Waals surface area contributed by atoms with Gasteiger partial charge in [0.05, 0.1) is 6.54 Å². The standard InChI is InChI=1S/C14H29N3O2/c1-16(10-11-17-8-4-3-5-9-17)13-14(18)15-7-6-12-19-2/h3-13H2,1-2H3,(H,15,18). The number of methoxy groups -OCH3 is 1. The lowest BCUT2D eigenvalue weighted by molar-refractivity contribution is -0.122. The number of piperidine rings is 1. The number of rotatable bonds is 9. The molecule has 0 atom stereocenters. The summed E-state index contributed by atoms with van der Waals surface area (Å²) >= 11 is 0. The highest BCUT2D eigenvalue weighted by molar-refractivity contribution is 5.77. The molecule has 1 saturated heterocycles. The van der Waals surface area contributed by atoms with Crippen LogP contribution in [0.15, 0.2) is 0 Å². The van der Waals surface area contributed by atoms with Crippen LogP contribution in [0.3, 0.4) is 0 Å². The topological polar surface area (TPSA) is 44.8 Å². The van der Waals surface area contributed by atoms with Gasteiger partial charge in [0.1, 0.15) is 0 Å². The molecule has 112 valence electrons. The van der Waals surface area contributed by atoms with Crippen molar-refractivity contribution >= 4 is 5.91 Å². The predicted octanol–water partition coefficient (Wildman–Crippen LogP) is 0.557. The third kappa shape index (κ3) is 8.18. The minimum absolute atomic E-state index is 0.109. The summed E-state index contributed by atoms with van der Waals surface area (Å²) in [5, 5.41) is 2.91. The van der Waals surface area contributed by atoms with E-state index in [1.807, 2.05) is 7.05 Å². The maximum Gasteiger partial charge on any atom is 0.234 e. The van der Waals surface area contributed by atoms with Crippen LogP contribution < -0.4 is 5.32 Å². The number of likely N-dealkylation sites (tertiary alicyclic amines) is 1. The number of carbonyl (C=O) groups excluding carboxylic acids is 1. The zero-order valence-electron chi connectivity index (χ0n) is 12.5. The fraction of sp³-hybridized carbons (Fsp3) is 0.929. The summed E-state index contributed by atoms with van der Waals surface area (Å²) in [5.74, 6) is 0.109. The first-order valence-corrected chi connectivity index (χ1v) is 7.39. The zero-order valence-corrected chi connectivity index (χ0v) is 12.5. The summed E-state index contributed by atoms with van der Waals surface area (Å²) < 4.78 is 4.94. The molecular weight excluding hydrogens is 242 g/mol. The molecule has 5 nitrogen and oxygen atoms in total. The van der Waals surface area contributed by atoms with Crippen molar-refractivity contribution in [3.8, 4) is 0 Å². The Morgan fingerprint density at radius 2 is 2.05 bits per heavy atom. The lowest BCUT2D eigenvalue weighted by atomic mass is 10.1. The Bertz CT molecular complexity index is 243. The molecule has 1 heterocycles. The first-order chi connectivity index (χ1) is 9.22. The highest BCUT2D eigenvalue weighted by Crippen LogP contribution is 2.07. The molecule has 1 rings (SSSR count). The molecule has 0 aromatic carbocycles. The average Bonchev–Trinajstić information content (AvgIpc) is 2.42. The van der Waals surface area contributed by atoms with Crippen molar-refractivity contribution in [2.24, 2.45) is 0 Å². The highest BCUT2D eigenvalue weighted by atomic mass is 16.5. The van der Waals surface area contributed by atoms with Crippen LogP contribution in [0.2, 0.25) is 0 Å². The van der Waals surface area contributed by atoms with E-state index in [4.69, 9.17) is 4.74 Å². The fourth-order valence-corrected chi connectivity index (χ4v) is 2.32. The third-order valence-corrected chi connectivity index (χ3v) is 3.51. The molecule has 0 radical (unpaired) electrons. The van der Waals surface area contributed by atoms with Crippen molar-refractivity contribution in [3.05, 3.63) is 0 Å². The molecule has 0 aliphatic carbocycles. The number of ether oxygens (including phenoxy) is 1. The lowest BCUT2D eigenvalue weighted by Crippen LogP contribution is -2.40. The van der Waals surface area contributed by atoms with E-state index in [9.17, 15) is 4.79 Å². The van der Waals surface area contributed by atoms with Crippen LogP contribution in [0.25, 0.3) is 0 Å². The van der Waals surface area contributed by atoms with E-state index in [-0.39, 0.29) is 5.91 Å². The normalized spacial score (nSPS) is 16.8. The van der Waals surface area contributed by atoms with Crippen LogP contribution in [0.1, 0.15) is 25.7 Å². The van der Waals surface area contributed by atoms with Gasteiger partial charge in [0.25, 0.3) is 0 Å². The second-order valence-electron chi connectivity index (χ2n) is 5.34. The summed E-state index contributed by atoms with van der Waals surface area (Å²) in [4.78, 5) is 16.3. The SMILES string of the molecule is COCCCNC(=O)CN(C)CCN1CCCCC1. The summed E-state index contributed by atoms with van der Waals surface area (Å²) in [6.45, 7) is 6.37. The number of amides is 1. The molecule has 0 aromatic heterocycles. The zero-order chi connectivity index (χ0) is 13.9. The van der Waals surface area contributed by atoms with E-state index in [0.29, 0.717) is 19.7 Å². The van der Waals surface area contributed by atoms with Crippen LogP contribution >= 0.6 is 0 Å². The van der Waals surface area contributed by atoms with Crippen LogP contribution in [0.4, 0.5) is 0 Å². The maximum atomic E-state index is 11.7. The number of likely N-dealkylation sites (N-methyl/N-ethyl adjacent to an activating group) is 1. The van der Waals surface area contributed by atoms with Gasteiger partial charge in [-0.2, -0.15) is 0 Å². The van der Waals surface area contributed by atoms with E-state index >= 15 is 0 Å². The molecule has 1 aliphatic heterocycles. The van der Waals surface area contributed by atoms with E-state index in [2.05, 4.69) is 15.1 Å². The average molecular weight is 271 g/mol. The molecule has 1 fully saturated rings. The van der Waals surface area contributed by atoms with Crippen molar-refractivity contribution in [1.82, 2.24) is 15.1 Å². The van der Waals surface area contributed by atoms with E-state index in [0.717, 1.165) is 19.5 Å². The first-order valence-electron chi connectivity index (χ1n) is 7.39. The monoisotopic (exact) mass is 271 g/mol. The summed E-state index contributed by atoms with van der Waals surface area (Å²) in [6, 6.07) is 0. The number of carbonyl (C=O) groups is 1. The molecule has 1 amide bonds. The highest BCUT2D eigenvalue weighted by Gasteiger charge is 2.11. The molecule has 0 saturated carbocycles. The third-order valence-electron chi connectivity index (χ3n) is 3.51. The Morgan fingerprint density at radius 3 is 2.74 bits per heavy atom. The van der Waals surface area contributed by atoms with Gasteiger partial charge in [-0.15, -0.1) is 0 Å². The second kappa shape index (κ2) is 10.2. The molecule has 0 spiro atoms. The van der Waals surface area contributed by atoms with Crippen LogP contribution in [-0.2, 0) is 9.53 Å². The molecular formula is C14H29N3O2. The van der Waals surface area contributed by atoms with E-state index < -0.39 is 0 Å². The van der Waals surface area contributed by atoms with Crippen molar-refractivity contribution < 1.29 is 9.53 Å². The van der Waals surface area contributed by atoms with E-state index in [1.165, 1.54) is 32.4 Å². The van der Waals surface area contributed by atoms with Crippen LogP contribution in [-0.4, -0.2) is 75.7 Å².